The summed E-state index contributed by atoms with van der Waals surface area (Å²) in [7, 11) is -5.39. The van der Waals surface area contributed by atoms with E-state index in [9.17, 15) is 0 Å². The van der Waals surface area contributed by atoms with Crippen LogP contribution in [0.4, 0.5) is 0 Å². The first kappa shape index (κ1) is 25.7. The quantitative estimate of drug-likeness (QED) is 0.258. The molecule has 0 aromatic heterocycles. The SMILES string of the molecule is C[CH2][Hg+].C[CH2][Hg+].C[CH2][Hg+].O=P([O-])([O-])[O-]. The standard InChI is InChI=1S/3C2H5.3Hg.H3O4P/c3*1-2;;;;1-5(2,3)4/h3*1H2,2H3;;;;(H3,1,2,3,4)/q;;;3*+1;/p-3. The Morgan fingerprint density at radius 3 is 0.857 bits per heavy atom. The van der Waals surface area contributed by atoms with Gasteiger partial charge in [0.2, 0.25) is 0 Å². The maximum atomic E-state index is 8.55. The third-order valence-electron chi connectivity index (χ3n) is 0. The van der Waals surface area contributed by atoms with Crippen molar-refractivity contribution in [3.05, 3.63) is 0 Å². The first-order valence-corrected chi connectivity index (χ1v) is 17.5. The minimum atomic E-state index is -5.39. The van der Waals surface area contributed by atoms with Crippen LogP contribution in [0, 0.1) is 0 Å². The molecule has 0 atom stereocenters. The number of hydrogen-bond donors (Lipinski definition) is 0. The second kappa shape index (κ2) is 24.9. The molecule has 0 amide bonds. The summed E-state index contributed by atoms with van der Waals surface area (Å²) >= 11 is 3.20. The third-order valence-corrected chi connectivity index (χ3v) is 0. The Labute approximate surface area is 136 Å². The van der Waals surface area contributed by atoms with Crippen molar-refractivity contribution in [3.8, 4) is 0 Å². The fourth-order valence-corrected chi connectivity index (χ4v) is 0. The Balaban J connectivity index is -0.0000000495. The van der Waals surface area contributed by atoms with Crippen LogP contribution in [-0.4, -0.2) is 0 Å². The van der Waals surface area contributed by atoms with Crippen molar-refractivity contribution in [1.29, 1.82) is 0 Å². The summed E-state index contributed by atoms with van der Waals surface area (Å²) in [6.07, 6.45) is 0. The molecule has 0 aliphatic carbocycles. The molecule has 0 unspecified atom stereocenters. The van der Waals surface area contributed by atoms with Crippen LogP contribution >= 0.6 is 7.82 Å². The van der Waals surface area contributed by atoms with Crippen LogP contribution in [-0.2, 0) is 82.9 Å². The molecule has 74 valence electrons. The van der Waals surface area contributed by atoms with Gasteiger partial charge in [-0.25, -0.2) is 0 Å². The van der Waals surface area contributed by atoms with Crippen molar-refractivity contribution in [1.82, 2.24) is 0 Å². The second-order valence-electron chi connectivity index (χ2n) is 1.95. The van der Waals surface area contributed by atoms with Gasteiger partial charge in [-0.3, -0.25) is 0 Å². The van der Waals surface area contributed by atoms with Gasteiger partial charge in [0, 0.05) is 0 Å². The van der Waals surface area contributed by atoms with Gasteiger partial charge in [-0.1, -0.05) is 0 Å². The molecule has 0 spiro atoms. The molecule has 0 heterocycles. The monoisotopic (exact) mass is 788 g/mol. The van der Waals surface area contributed by atoms with Gasteiger partial charge in [0.25, 0.3) is 0 Å². The summed E-state index contributed by atoms with van der Waals surface area (Å²) in [5.41, 5.74) is 0. The average Bonchev–Trinajstić information content (AvgIpc) is 1.86. The van der Waals surface area contributed by atoms with E-state index < -0.39 is 7.82 Å². The first-order valence-electron chi connectivity index (χ1n) is 4.35. The number of hydrogen-bond acceptors (Lipinski definition) is 4. The van der Waals surface area contributed by atoms with Crippen LogP contribution in [0.3, 0.4) is 0 Å². The van der Waals surface area contributed by atoms with Crippen molar-refractivity contribution in [2.45, 2.75) is 32.6 Å². The Bertz CT molecular complexity index is 96.2. The van der Waals surface area contributed by atoms with Crippen LogP contribution in [0.2, 0.25) is 11.8 Å². The summed E-state index contributed by atoms with van der Waals surface area (Å²) in [5, 5.41) is 0. The zero-order valence-electron chi connectivity index (χ0n) is 9.32. The molecule has 0 aromatic carbocycles. The number of phosphoric acid groups is 1. The molecule has 0 saturated heterocycles. The van der Waals surface area contributed by atoms with Crippen LogP contribution < -0.4 is 14.7 Å². The van der Waals surface area contributed by atoms with Crippen molar-refractivity contribution in [2.24, 2.45) is 0 Å². The van der Waals surface area contributed by atoms with Crippen molar-refractivity contribution in [3.63, 3.8) is 0 Å². The van der Waals surface area contributed by atoms with Gasteiger partial charge in [0.1, 0.15) is 0 Å². The molecule has 0 rings (SSSR count). The van der Waals surface area contributed by atoms with Crippen LogP contribution in [0.15, 0.2) is 0 Å². The Hall–Kier alpha value is 2.92. The molecule has 0 N–H and O–H groups in total. The van der Waals surface area contributed by atoms with Crippen molar-refractivity contribution in [2.75, 3.05) is 0 Å². The molecule has 0 saturated carbocycles. The van der Waals surface area contributed by atoms with Gasteiger partial charge in [-0.15, -0.1) is 0 Å². The van der Waals surface area contributed by atoms with Gasteiger partial charge in [0.05, 0.1) is 0 Å². The van der Waals surface area contributed by atoms with E-state index in [2.05, 4.69) is 20.8 Å². The largest absolute Gasteiger partial charge is 0.822 e. The predicted molar refractivity (Wildman–Crippen MR) is 39.0 cm³/mol. The van der Waals surface area contributed by atoms with Crippen molar-refractivity contribution < 1.29 is 97.6 Å². The predicted octanol–water partition coefficient (Wildman–Crippen LogP) is 0.0896. The van der Waals surface area contributed by atoms with Crippen LogP contribution in [0.1, 0.15) is 20.8 Å². The van der Waals surface area contributed by atoms with E-state index in [1.807, 2.05) is 0 Å². The molecular weight excluding hydrogens is 769 g/mol. The first-order chi connectivity index (χ1) is 6.24. The number of rotatable bonds is 0. The maximum absolute atomic E-state index is 8.55. The Morgan fingerprint density at radius 1 is 0.857 bits per heavy atom. The van der Waals surface area contributed by atoms with E-state index in [-0.39, 0.29) is 0 Å². The molecule has 0 aliphatic rings. The topological polar surface area (TPSA) is 86.2 Å². The molecule has 0 bridgehead atoms. The maximum Gasteiger partial charge on any atom is -0.159 e. The van der Waals surface area contributed by atoms with Gasteiger partial charge >= 0.3 is 111 Å². The molecule has 8 heteroatoms. The van der Waals surface area contributed by atoms with Gasteiger partial charge in [-0.2, -0.15) is 7.82 Å². The fourth-order valence-electron chi connectivity index (χ4n) is 0. The van der Waals surface area contributed by atoms with Crippen molar-refractivity contribution >= 4 is 7.82 Å². The summed E-state index contributed by atoms with van der Waals surface area (Å²) in [4.78, 5) is 25.6. The second-order valence-corrected chi connectivity index (χ2v) is 14.5. The normalized spacial score (nSPS) is 8.29. The molecule has 0 aliphatic heterocycles. The Kier molecular flexibility index (Phi) is 45.8. The van der Waals surface area contributed by atoms with Crippen LogP contribution in [0.5, 0.6) is 0 Å². The fraction of sp³-hybridized carbons (Fsp3) is 1.00. The zero-order valence-corrected chi connectivity index (χ0v) is 26.7. The van der Waals surface area contributed by atoms with E-state index >= 15 is 0 Å². The summed E-state index contributed by atoms with van der Waals surface area (Å²) in [6, 6.07) is 0. The molecule has 0 radical (unpaired) electrons. The summed E-state index contributed by atoms with van der Waals surface area (Å²) in [5.74, 6) is 0. The van der Waals surface area contributed by atoms with E-state index in [1.54, 1.807) is 0 Å². The van der Waals surface area contributed by atoms with E-state index in [0.29, 0.717) is 0 Å². The zero-order chi connectivity index (χ0) is 12.6. The molecule has 4 nitrogen and oxygen atoms in total. The van der Waals surface area contributed by atoms with E-state index in [0.717, 1.165) is 78.4 Å². The van der Waals surface area contributed by atoms with Gasteiger partial charge in [-0.05, 0) is 0 Å². The van der Waals surface area contributed by atoms with Crippen LogP contribution in [0.25, 0.3) is 0 Å². The molecule has 0 fully saturated rings. The smallest absolute Gasteiger partial charge is 0.159 e. The molecular formula is C6H15Hg3O4P. The average molecular weight is 784 g/mol. The minimum Gasteiger partial charge on any atom is -0.822 e. The molecule has 0 aromatic rings. The van der Waals surface area contributed by atoms with E-state index in [4.69, 9.17) is 19.2 Å². The Morgan fingerprint density at radius 2 is 0.857 bits per heavy atom. The minimum absolute atomic E-state index is 1.07. The third kappa shape index (κ3) is 340. The van der Waals surface area contributed by atoms with E-state index in [1.165, 1.54) is 11.8 Å². The summed E-state index contributed by atoms with van der Waals surface area (Å²) in [6.45, 7) is 6.63. The molecule has 14 heavy (non-hydrogen) atoms. The van der Waals surface area contributed by atoms with Gasteiger partial charge < -0.3 is 19.2 Å². The summed E-state index contributed by atoms with van der Waals surface area (Å²) < 4.78 is 12.9. The van der Waals surface area contributed by atoms with Gasteiger partial charge in [0.15, 0.2) is 0 Å².